The number of sulfonamides is 1. The molecule has 0 aliphatic carbocycles. The number of amides is 1. The number of aromatic nitrogens is 1. The van der Waals surface area contributed by atoms with Crippen LogP contribution in [0.25, 0.3) is 0 Å². The smallest absolute Gasteiger partial charge is 0.407 e. The van der Waals surface area contributed by atoms with E-state index in [-0.39, 0.29) is 49.0 Å². The molecule has 1 N–H and O–H groups in total. The molecule has 2 fully saturated rings. The standard InChI is InChI=1S/C33H41N3O9S2/c1-20(2)36(47(38,39)26-9-10-29-30(14-26)44-19-43-29)15-21(3)28(35-33(37)45-31-17-42-32-27(31)11-12-40-32)13-23-5-7-25(8-6-23)41-16-24-18-46-22(4)34-24/h5-10,14,18,20-21,27-28,31-32H,11-13,15-17,19H2,1-4H3,(H,35,37). The van der Waals surface area contributed by atoms with Crippen LogP contribution in [0.3, 0.4) is 0 Å². The number of aryl methyl sites for hydroxylation is 1. The lowest BCUT2D eigenvalue weighted by Crippen LogP contribution is -2.48. The van der Waals surface area contributed by atoms with Gasteiger partial charge in [0.1, 0.15) is 18.5 Å². The molecule has 47 heavy (non-hydrogen) atoms. The molecule has 1 amide bonds. The van der Waals surface area contributed by atoms with Crippen LogP contribution in [0.4, 0.5) is 4.79 Å². The third kappa shape index (κ3) is 7.83. The van der Waals surface area contributed by atoms with E-state index in [0.717, 1.165) is 22.7 Å². The SMILES string of the molecule is Cc1nc(COc2ccc(CC(NC(=O)OC3COC4OCCC34)C(C)CN(C(C)C)S(=O)(=O)c3ccc4c(c3)OCO4)cc2)cs1. The quantitative estimate of drug-likeness (QED) is 0.265. The molecule has 14 heteroatoms. The summed E-state index contributed by atoms with van der Waals surface area (Å²) in [6.07, 6.45) is -0.122. The lowest BCUT2D eigenvalue weighted by atomic mass is 9.94. The fraction of sp³-hybridized carbons (Fsp3) is 0.515. The van der Waals surface area contributed by atoms with Gasteiger partial charge in [-0.1, -0.05) is 19.1 Å². The van der Waals surface area contributed by atoms with E-state index in [2.05, 4.69) is 10.3 Å². The Morgan fingerprint density at radius 1 is 1.11 bits per heavy atom. The van der Waals surface area contributed by atoms with E-state index in [1.54, 1.807) is 17.4 Å². The van der Waals surface area contributed by atoms with E-state index >= 15 is 0 Å². The van der Waals surface area contributed by atoms with Crippen LogP contribution in [-0.4, -0.2) is 74.8 Å². The van der Waals surface area contributed by atoms with Crippen LogP contribution in [-0.2, 0) is 37.3 Å². The number of nitrogens with one attached hydrogen (secondary N) is 1. The van der Waals surface area contributed by atoms with Crippen molar-refractivity contribution < 1.29 is 41.6 Å². The Kier molecular flexibility index (Phi) is 10.2. The fourth-order valence-electron chi connectivity index (χ4n) is 6.04. The number of ether oxygens (including phenoxy) is 6. The van der Waals surface area contributed by atoms with E-state index < -0.39 is 28.3 Å². The van der Waals surface area contributed by atoms with Crippen molar-refractivity contribution >= 4 is 27.5 Å². The molecule has 3 aliphatic rings. The van der Waals surface area contributed by atoms with Crippen LogP contribution in [0.15, 0.2) is 52.7 Å². The molecular weight excluding hydrogens is 647 g/mol. The molecule has 3 aromatic rings. The summed E-state index contributed by atoms with van der Waals surface area (Å²) in [4.78, 5) is 17.9. The maximum absolute atomic E-state index is 13.9. The third-order valence-corrected chi connectivity index (χ3v) is 11.5. The van der Waals surface area contributed by atoms with Crippen LogP contribution in [0.5, 0.6) is 17.2 Å². The second-order valence-corrected chi connectivity index (χ2v) is 15.3. The summed E-state index contributed by atoms with van der Waals surface area (Å²) in [5, 5.41) is 6.02. The third-order valence-electron chi connectivity index (χ3n) is 8.66. The maximum Gasteiger partial charge on any atom is 0.407 e. The summed E-state index contributed by atoms with van der Waals surface area (Å²) in [5.74, 6) is 1.30. The van der Waals surface area contributed by atoms with Gasteiger partial charge in [0.2, 0.25) is 16.8 Å². The summed E-state index contributed by atoms with van der Waals surface area (Å²) in [5.41, 5.74) is 1.82. The topological polar surface area (TPSA) is 135 Å². The van der Waals surface area contributed by atoms with Crippen molar-refractivity contribution in [2.45, 2.75) is 76.5 Å². The summed E-state index contributed by atoms with van der Waals surface area (Å²) >= 11 is 1.58. The van der Waals surface area contributed by atoms with Gasteiger partial charge in [0.05, 0.1) is 34.7 Å². The minimum Gasteiger partial charge on any atom is -0.487 e. The maximum atomic E-state index is 13.9. The van der Waals surface area contributed by atoms with Gasteiger partial charge in [-0.15, -0.1) is 11.3 Å². The first-order chi connectivity index (χ1) is 22.6. The minimum atomic E-state index is -3.91. The number of carbonyl (C=O) groups excluding carboxylic acids is 1. The van der Waals surface area contributed by atoms with Gasteiger partial charge in [0.25, 0.3) is 0 Å². The largest absolute Gasteiger partial charge is 0.487 e. The highest BCUT2D eigenvalue weighted by Gasteiger charge is 2.44. The molecule has 4 heterocycles. The second-order valence-electron chi connectivity index (χ2n) is 12.4. The van der Waals surface area contributed by atoms with Crippen molar-refractivity contribution in [1.82, 2.24) is 14.6 Å². The lowest BCUT2D eigenvalue weighted by molar-refractivity contribution is -0.0907. The monoisotopic (exact) mass is 687 g/mol. The van der Waals surface area contributed by atoms with Crippen molar-refractivity contribution in [2.75, 3.05) is 26.6 Å². The molecule has 1 aromatic heterocycles. The van der Waals surface area contributed by atoms with Gasteiger partial charge < -0.3 is 33.7 Å². The average Bonchev–Trinajstić information content (AvgIpc) is 3.85. The van der Waals surface area contributed by atoms with Gasteiger partial charge in [0.15, 0.2) is 17.8 Å². The molecule has 0 radical (unpaired) electrons. The number of thiazole rings is 1. The number of fused-ring (bicyclic) bond motifs is 2. The van der Waals surface area contributed by atoms with Gasteiger partial charge in [-0.3, -0.25) is 0 Å². The second kappa shape index (κ2) is 14.4. The fourth-order valence-corrected chi connectivity index (χ4v) is 8.39. The Morgan fingerprint density at radius 3 is 2.64 bits per heavy atom. The molecule has 2 aromatic carbocycles. The normalized spacial score (nSPS) is 21.5. The summed E-state index contributed by atoms with van der Waals surface area (Å²) in [6, 6.07) is 11.5. The van der Waals surface area contributed by atoms with Crippen molar-refractivity contribution in [2.24, 2.45) is 11.8 Å². The van der Waals surface area contributed by atoms with Crippen molar-refractivity contribution in [3.63, 3.8) is 0 Å². The molecule has 5 atom stereocenters. The highest BCUT2D eigenvalue weighted by molar-refractivity contribution is 7.89. The summed E-state index contributed by atoms with van der Waals surface area (Å²) in [6.45, 7) is 8.98. The highest BCUT2D eigenvalue weighted by Crippen LogP contribution is 2.36. The number of hydrogen-bond acceptors (Lipinski definition) is 11. The Morgan fingerprint density at radius 2 is 1.89 bits per heavy atom. The molecule has 3 aliphatic heterocycles. The van der Waals surface area contributed by atoms with Gasteiger partial charge >= 0.3 is 6.09 Å². The predicted octanol–water partition coefficient (Wildman–Crippen LogP) is 4.89. The van der Waals surface area contributed by atoms with Crippen molar-refractivity contribution in [1.29, 1.82) is 0 Å². The van der Waals surface area contributed by atoms with Gasteiger partial charge in [-0.2, -0.15) is 4.31 Å². The van der Waals surface area contributed by atoms with Gasteiger partial charge in [0, 0.05) is 30.1 Å². The van der Waals surface area contributed by atoms with Crippen molar-refractivity contribution in [3.05, 3.63) is 64.1 Å². The Balaban J connectivity index is 1.17. The summed E-state index contributed by atoms with van der Waals surface area (Å²) in [7, 11) is -3.91. The van der Waals surface area contributed by atoms with Crippen molar-refractivity contribution in [3.8, 4) is 17.2 Å². The number of alkyl carbamates (subject to hydrolysis) is 1. The first kappa shape index (κ1) is 33.5. The van der Waals surface area contributed by atoms with Crippen LogP contribution >= 0.6 is 11.3 Å². The molecule has 0 saturated carbocycles. The zero-order valence-corrected chi connectivity index (χ0v) is 28.6. The lowest BCUT2D eigenvalue weighted by Gasteiger charge is -2.33. The number of hydrogen-bond donors (Lipinski definition) is 1. The molecule has 0 spiro atoms. The Bertz CT molecular complexity index is 1650. The highest BCUT2D eigenvalue weighted by atomic mass is 32.2. The van der Waals surface area contributed by atoms with E-state index in [4.69, 9.17) is 28.4 Å². The van der Waals surface area contributed by atoms with Gasteiger partial charge in [-0.25, -0.2) is 18.2 Å². The number of nitrogens with zero attached hydrogens (tertiary/aromatic N) is 2. The molecule has 6 rings (SSSR count). The number of carbonyl (C=O) groups is 1. The van der Waals surface area contributed by atoms with E-state index in [1.165, 1.54) is 16.4 Å². The minimum absolute atomic E-state index is 0.000592. The summed E-state index contributed by atoms with van der Waals surface area (Å²) < 4.78 is 63.1. The molecule has 254 valence electrons. The zero-order chi connectivity index (χ0) is 33.1. The first-order valence-corrected chi connectivity index (χ1v) is 18.1. The number of benzene rings is 2. The zero-order valence-electron chi connectivity index (χ0n) is 26.9. The van der Waals surface area contributed by atoms with Crippen LogP contribution in [0, 0.1) is 18.8 Å². The molecule has 5 unspecified atom stereocenters. The molecule has 0 bridgehead atoms. The van der Waals surface area contributed by atoms with E-state index in [9.17, 15) is 13.2 Å². The number of rotatable bonds is 13. The molecular formula is C33H41N3O9S2. The average molecular weight is 688 g/mol. The van der Waals surface area contributed by atoms with E-state index in [0.29, 0.717) is 36.9 Å². The first-order valence-electron chi connectivity index (χ1n) is 15.8. The van der Waals surface area contributed by atoms with Gasteiger partial charge in [-0.05, 0) is 69.4 Å². The van der Waals surface area contributed by atoms with Crippen LogP contribution in [0.2, 0.25) is 0 Å². The Hall–Kier alpha value is -3.43. The van der Waals surface area contributed by atoms with Crippen LogP contribution in [0.1, 0.15) is 43.5 Å². The van der Waals surface area contributed by atoms with Crippen LogP contribution < -0.4 is 19.5 Å². The predicted molar refractivity (Wildman–Crippen MR) is 173 cm³/mol. The molecule has 12 nitrogen and oxygen atoms in total. The Labute approximate surface area is 279 Å². The molecule has 2 saturated heterocycles. The van der Waals surface area contributed by atoms with E-state index in [1.807, 2.05) is 57.3 Å².